The average molecular weight is 338 g/mol. The molecule has 0 saturated carbocycles. The summed E-state index contributed by atoms with van der Waals surface area (Å²) in [6.07, 6.45) is 0.394. The van der Waals surface area contributed by atoms with E-state index >= 15 is 0 Å². The zero-order chi connectivity index (χ0) is 12.9. The summed E-state index contributed by atoms with van der Waals surface area (Å²) in [4.78, 5) is 0. The monoisotopic (exact) mass is 336 g/mol. The van der Waals surface area contributed by atoms with Crippen LogP contribution in [0.25, 0.3) is 0 Å². The number of anilines is 1. The van der Waals surface area contributed by atoms with Gasteiger partial charge in [0.2, 0.25) is 10.0 Å². The van der Waals surface area contributed by atoms with Crippen LogP contribution in [0.2, 0.25) is 0 Å². The molecular formula is C10H10BrClN2O2S. The van der Waals surface area contributed by atoms with Crippen LogP contribution < -0.4 is 4.72 Å². The third-order valence-electron chi connectivity index (χ3n) is 1.91. The van der Waals surface area contributed by atoms with Crippen LogP contribution in [0.1, 0.15) is 12.0 Å². The summed E-state index contributed by atoms with van der Waals surface area (Å²) in [7, 11) is -3.39. The minimum absolute atomic E-state index is 0.0249. The normalized spacial score (nSPS) is 10.9. The highest BCUT2D eigenvalue weighted by atomic mass is 79.9. The molecule has 92 valence electrons. The molecule has 1 aromatic rings. The minimum Gasteiger partial charge on any atom is -0.282 e. The van der Waals surface area contributed by atoms with Crippen molar-refractivity contribution in [2.75, 3.05) is 16.4 Å². The first-order chi connectivity index (χ1) is 7.98. The number of nitrogens with zero attached hydrogens (tertiary/aromatic N) is 1. The Bertz CT molecular complexity index is 540. The fraction of sp³-hybridized carbons (Fsp3) is 0.300. The van der Waals surface area contributed by atoms with Gasteiger partial charge < -0.3 is 0 Å². The Morgan fingerprint density at radius 2 is 2.18 bits per heavy atom. The Labute approximate surface area is 114 Å². The number of nitriles is 1. The van der Waals surface area contributed by atoms with Gasteiger partial charge in [-0.3, -0.25) is 4.72 Å². The molecular weight excluding hydrogens is 328 g/mol. The molecule has 1 N–H and O–H groups in total. The Morgan fingerprint density at radius 1 is 1.47 bits per heavy atom. The van der Waals surface area contributed by atoms with Crippen molar-refractivity contribution in [2.24, 2.45) is 0 Å². The van der Waals surface area contributed by atoms with Crippen molar-refractivity contribution in [3.63, 3.8) is 0 Å². The lowest BCUT2D eigenvalue weighted by atomic mass is 10.2. The van der Waals surface area contributed by atoms with Crippen LogP contribution >= 0.6 is 27.5 Å². The largest absolute Gasteiger partial charge is 0.282 e. The molecule has 1 rings (SSSR count). The lowest BCUT2D eigenvalue weighted by Gasteiger charge is -2.09. The van der Waals surface area contributed by atoms with Gasteiger partial charge in [0.05, 0.1) is 23.1 Å². The summed E-state index contributed by atoms with van der Waals surface area (Å²) in [6.45, 7) is 0. The number of nitrogens with one attached hydrogen (secondary N) is 1. The molecule has 4 nitrogen and oxygen atoms in total. The number of hydrogen-bond donors (Lipinski definition) is 1. The number of hydrogen-bond acceptors (Lipinski definition) is 3. The van der Waals surface area contributed by atoms with Crippen LogP contribution in [0.3, 0.4) is 0 Å². The van der Waals surface area contributed by atoms with E-state index in [1.165, 1.54) is 0 Å². The van der Waals surface area contributed by atoms with Crippen molar-refractivity contribution < 1.29 is 8.42 Å². The zero-order valence-electron chi connectivity index (χ0n) is 8.78. The van der Waals surface area contributed by atoms with Gasteiger partial charge in [0.15, 0.2) is 0 Å². The van der Waals surface area contributed by atoms with Crippen molar-refractivity contribution in [1.29, 1.82) is 5.26 Å². The maximum Gasteiger partial charge on any atom is 0.232 e. The lowest BCUT2D eigenvalue weighted by molar-refractivity contribution is 0.600. The van der Waals surface area contributed by atoms with E-state index in [4.69, 9.17) is 16.9 Å². The van der Waals surface area contributed by atoms with Gasteiger partial charge in [-0.25, -0.2) is 8.42 Å². The van der Waals surface area contributed by atoms with Gasteiger partial charge in [0.1, 0.15) is 0 Å². The van der Waals surface area contributed by atoms with E-state index in [2.05, 4.69) is 20.7 Å². The minimum atomic E-state index is -3.39. The highest BCUT2D eigenvalue weighted by Gasteiger charge is 2.11. The SMILES string of the molecule is N#Cc1ccc(NS(=O)(=O)CCCCl)c(Br)c1. The van der Waals surface area contributed by atoms with Crippen molar-refractivity contribution in [3.8, 4) is 6.07 Å². The highest BCUT2D eigenvalue weighted by molar-refractivity contribution is 9.10. The first-order valence-corrected chi connectivity index (χ1v) is 7.72. The van der Waals surface area contributed by atoms with Crippen LogP contribution in [-0.4, -0.2) is 20.1 Å². The molecule has 0 atom stereocenters. The van der Waals surface area contributed by atoms with E-state index in [1.807, 2.05) is 6.07 Å². The van der Waals surface area contributed by atoms with Gasteiger partial charge in [-0.05, 0) is 40.5 Å². The Morgan fingerprint density at radius 3 is 2.71 bits per heavy atom. The maximum atomic E-state index is 11.6. The van der Waals surface area contributed by atoms with Crippen LogP contribution in [0.5, 0.6) is 0 Å². The molecule has 0 spiro atoms. The van der Waals surface area contributed by atoms with Crippen molar-refractivity contribution in [2.45, 2.75) is 6.42 Å². The molecule has 0 heterocycles. The predicted molar refractivity (Wildman–Crippen MR) is 71.6 cm³/mol. The van der Waals surface area contributed by atoms with Gasteiger partial charge in [-0.2, -0.15) is 5.26 Å². The molecule has 0 bridgehead atoms. The molecule has 0 aromatic heterocycles. The standard InChI is InChI=1S/C10H10BrClN2O2S/c11-9-6-8(7-13)2-3-10(9)14-17(15,16)5-1-4-12/h2-3,6,14H,1,4-5H2. The molecule has 0 aliphatic rings. The second-order valence-corrected chi connectivity index (χ2v) is 6.34. The van der Waals surface area contributed by atoms with Crippen LogP contribution in [-0.2, 0) is 10.0 Å². The third kappa shape index (κ3) is 4.54. The second kappa shape index (κ2) is 6.24. The molecule has 0 radical (unpaired) electrons. The molecule has 0 unspecified atom stereocenters. The fourth-order valence-electron chi connectivity index (χ4n) is 1.13. The number of halogens is 2. The van der Waals surface area contributed by atoms with E-state index in [1.54, 1.807) is 18.2 Å². The first-order valence-electron chi connectivity index (χ1n) is 4.74. The van der Waals surface area contributed by atoms with Crippen LogP contribution in [0, 0.1) is 11.3 Å². The summed E-state index contributed by atoms with van der Waals surface area (Å²) in [5.41, 5.74) is 0.874. The second-order valence-electron chi connectivity index (χ2n) is 3.27. The van der Waals surface area contributed by atoms with E-state index in [-0.39, 0.29) is 5.75 Å². The predicted octanol–water partition coefficient (Wildman–Crippen LogP) is 2.69. The molecule has 0 aliphatic carbocycles. The number of alkyl halides is 1. The fourth-order valence-corrected chi connectivity index (χ4v) is 3.17. The molecule has 0 amide bonds. The quantitative estimate of drug-likeness (QED) is 0.840. The molecule has 0 aliphatic heterocycles. The smallest absolute Gasteiger partial charge is 0.232 e. The summed E-state index contributed by atoms with van der Waals surface area (Å²) in [5.74, 6) is 0.276. The van der Waals surface area contributed by atoms with Gasteiger partial charge in [-0.1, -0.05) is 0 Å². The van der Waals surface area contributed by atoms with Crippen molar-refractivity contribution >= 4 is 43.2 Å². The summed E-state index contributed by atoms with van der Waals surface area (Å²) >= 11 is 8.65. The van der Waals surface area contributed by atoms with E-state index in [9.17, 15) is 8.42 Å². The number of sulfonamides is 1. The Balaban J connectivity index is 2.86. The summed E-state index contributed by atoms with van der Waals surface area (Å²) in [5, 5.41) is 8.68. The number of benzene rings is 1. The van der Waals surface area contributed by atoms with Crippen LogP contribution in [0.4, 0.5) is 5.69 Å². The maximum absolute atomic E-state index is 11.6. The molecule has 0 fully saturated rings. The third-order valence-corrected chi connectivity index (χ3v) is 4.19. The van der Waals surface area contributed by atoms with Crippen molar-refractivity contribution in [3.05, 3.63) is 28.2 Å². The number of rotatable bonds is 5. The molecule has 7 heteroatoms. The summed E-state index contributed by atoms with van der Waals surface area (Å²) < 4.78 is 26.2. The van der Waals surface area contributed by atoms with E-state index in [0.29, 0.717) is 28.0 Å². The highest BCUT2D eigenvalue weighted by Crippen LogP contribution is 2.24. The van der Waals surface area contributed by atoms with E-state index in [0.717, 1.165) is 0 Å². The molecule has 17 heavy (non-hydrogen) atoms. The van der Waals surface area contributed by atoms with Gasteiger partial charge >= 0.3 is 0 Å². The van der Waals surface area contributed by atoms with Gasteiger partial charge in [0.25, 0.3) is 0 Å². The van der Waals surface area contributed by atoms with E-state index < -0.39 is 10.0 Å². The zero-order valence-corrected chi connectivity index (χ0v) is 11.9. The lowest BCUT2D eigenvalue weighted by Crippen LogP contribution is -2.17. The molecule has 1 aromatic carbocycles. The Hall–Kier alpha value is -0.770. The summed E-state index contributed by atoms with van der Waals surface area (Å²) in [6, 6.07) is 6.61. The topological polar surface area (TPSA) is 70.0 Å². The first kappa shape index (κ1) is 14.3. The van der Waals surface area contributed by atoms with Crippen LogP contribution in [0.15, 0.2) is 22.7 Å². The molecule has 0 saturated heterocycles. The Kier molecular flexibility index (Phi) is 5.25. The van der Waals surface area contributed by atoms with Crippen molar-refractivity contribution in [1.82, 2.24) is 0 Å². The van der Waals surface area contributed by atoms with Gasteiger partial charge in [-0.15, -0.1) is 11.6 Å². The van der Waals surface area contributed by atoms with Gasteiger partial charge in [0, 0.05) is 10.4 Å². The average Bonchev–Trinajstić information content (AvgIpc) is 2.29.